The maximum absolute atomic E-state index is 10.9. The highest BCUT2D eigenvalue weighted by molar-refractivity contribution is 6.33. The summed E-state index contributed by atoms with van der Waals surface area (Å²) in [4.78, 5) is 10.9. The van der Waals surface area contributed by atoms with Gasteiger partial charge in [0.05, 0.1) is 22.0 Å². The summed E-state index contributed by atoms with van der Waals surface area (Å²) in [5, 5.41) is 13.5. The fraction of sp³-hybridized carbons (Fsp3) is 0.231. The third-order valence-corrected chi connectivity index (χ3v) is 3.39. The summed E-state index contributed by atoms with van der Waals surface area (Å²) < 4.78 is 1.77. The fourth-order valence-electron chi connectivity index (χ4n) is 1.78. The number of hydrogen-bond donors (Lipinski definition) is 1. The molecule has 0 aliphatic heterocycles. The minimum atomic E-state index is -1.03. The molecule has 2 rings (SSSR count). The number of carboxylic acid groups (broad SMARTS) is 1. The summed E-state index contributed by atoms with van der Waals surface area (Å²) in [6.45, 7) is 5.90. The number of nitrogens with zero attached hydrogens (tertiary/aromatic N) is 2. The molecule has 4 nitrogen and oxygen atoms in total. The Morgan fingerprint density at radius 2 is 2.00 bits per heavy atom. The van der Waals surface area contributed by atoms with Crippen LogP contribution < -0.4 is 0 Å². The molecule has 5 heteroatoms. The molecule has 1 aromatic carbocycles. The molecular weight excluding hydrogens is 252 g/mol. The first-order chi connectivity index (χ1) is 8.41. The molecule has 0 radical (unpaired) electrons. The van der Waals surface area contributed by atoms with Gasteiger partial charge in [0.1, 0.15) is 0 Å². The zero-order valence-electron chi connectivity index (χ0n) is 10.4. The maximum atomic E-state index is 10.9. The van der Waals surface area contributed by atoms with Crippen LogP contribution in [-0.2, 0) is 0 Å². The fourth-order valence-corrected chi connectivity index (χ4v) is 2.04. The number of aromatic nitrogens is 2. The first-order valence-corrected chi connectivity index (χ1v) is 5.85. The van der Waals surface area contributed by atoms with Crippen molar-refractivity contribution in [3.05, 3.63) is 45.7 Å². The van der Waals surface area contributed by atoms with Gasteiger partial charge in [-0.25, -0.2) is 9.48 Å². The lowest BCUT2D eigenvalue weighted by atomic mass is 10.2. The summed E-state index contributed by atoms with van der Waals surface area (Å²) >= 11 is 5.95. The summed E-state index contributed by atoms with van der Waals surface area (Å²) in [6, 6.07) is 4.81. The molecule has 1 aromatic heterocycles. The van der Waals surface area contributed by atoms with Gasteiger partial charge < -0.3 is 5.11 Å². The van der Waals surface area contributed by atoms with Crippen molar-refractivity contribution in [1.29, 1.82) is 0 Å². The number of carboxylic acids is 1. The molecule has 0 fully saturated rings. The molecule has 0 atom stereocenters. The van der Waals surface area contributed by atoms with Crippen LogP contribution in [0.2, 0.25) is 5.02 Å². The van der Waals surface area contributed by atoms with Crippen molar-refractivity contribution in [3.8, 4) is 5.69 Å². The zero-order chi connectivity index (χ0) is 13.4. The lowest BCUT2D eigenvalue weighted by molar-refractivity contribution is 0.0697. The van der Waals surface area contributed by atoms with Crippen molar-refractivity contribution in [2.24, 2.45) is 0 Å². The van der Waals surface area contributed by atoms with Crippen molar-refractivity contribution in [2.75, 3.05) is 0 Å². The molecule has 1 N–H and O–H groups in total. The van der Waals surface area contributed by atoms with E-state index in [2.05, 4.69) is 5.10 Å². The second-order valence-corrected chi connectivity index (χ2v) is 4.58. The van der Waals surface area contributed by atoms with Gasteiger partial charge in [-0.05, 0) is 44.5 Å². The van der Waals surface area contributed by atoms with E-state index in [9.17, 15) is 4.79 Å². The van der Waals surface area contributed by atoms with E-state index >= 15 is 0 Å². The first kappa shape index (κ1) is 12.6. The van der Waals surface area contributed by atoms with E-state index in [0.717, 1.165) is 22.6 Å². The van der Waals surface area contributed by atoms with Crippen LogP contribution in [0.15, 0.2) is 18.2 Å². The molecule has 0 aliphatic carbocycles. The Morgan fingerprint density at radius 1 is 1.33 bits per heavy atom. The predicted octanol–water partition coefficient (Wildman–Crippen LogP) is 3.15. The number of benzene rings is 1. The first-order valence-electron chi connectivity index (χ1n) is 5.48. The summed E-state index contributed by atoms with van der Waals surface area (Å²) in [5.41, 5.74) is 3.95. The van der Waals surface area contributed by atoms with E-state index in [4.69, 9.17) is 16.7 Å². The second kappa shape index (κ2) is 4.46. The van der Waals surface area contributed by atoms with Crippen molar-refractivity contribution in [2.45, 2.75) is 20.8 Å². The van der Waals surface area contributed by atoms with Gasteiger partial charge in [0.25, 0.3) is 0 Å². The minimum absolute atomic E-state index is 0.0960. The molecule has 0 amide bonds. The highest BCUT2D eigenvalue weighted by atomic mass is 35.5. The Morgan fingerprint density at radius 3 is 2.44 bits per heavy atom. The average Bonchev–Trinajstić information content (AvgIpc) is 2.56. The number of halogens is 1. The Balaban J connectivity index is 2.55. The highest BCUT2D eigenvalue weighted by Crippen LogP contribution is 2.22. The van der Waals surface area contributed by atoms with E-state index < -0.39 is 5.97 Å². The van der Waals surface area contributed by atoms with Crippen molar-refractivity contribution < 1.29 is 9.90 Å². The normalized spacial score (nSPS) is 10.7. The Labute approximate surface area is 110 Å². The Kier molecular flexibility index (Phi) is 3.13. The van der Waals surface area contributed by atoms with Crippen LogP contribution in [0.4, 0.5) is 0 Å². The summed E-state index contributed by atoms with van der Waals surface area (Å²) in [5.74, 6) is -1.03. The molecular formula is C13H13ClN2O2. The second-order valence-electron chi connectivity index (χ2n) is 4.18. The van der Waals surface area contributed by atoms with Crippen LogP contribution in [-0.4, -0.2) is 20.9 Å². The van der Waals surface area contributed by atoms with Gasteiger partial charge in [0, 0.05) is 5.69 Å². The van der Waals surface area contributed by atoms with E-state index in [1.54, 1.807) is 16.8 Å². The zero-order valence-corrected chi connectivity index (χ0v) is 11.1. The minimum Gasteiger partial charge on any atom is -0.478 e. The molecule has 0 aliphatic rings. The van der Waals surface area contributed by atoms with E-state index in [1.165, 1.54) is 6.07 Å². The maximum Gasteiger partial charge on any atom is 0.337 e. The molecule has 0 saturated heterocycles. The molecule has 18 heavy (non-hydrogen) atoms. The lowest BCUT2D eigenvalue weighted by Gasteiger charge is -2.06. The SMILES string of the molecule is Cc1nn(-c2ccc(C(=O)O)c(Cl)c2)c(C)c1C. The molecule has 0 bridgehead atoms. The molecule has 0 spiro atoms. The number of rotatable bonds is 2. The molecule has 1 heterocycles. The molecule has 2 aromatic rings. The van der Waals surface area contributed by atoms with E-state index in [-0.39, 0.29) is 10.6 Å². The van der Waals surface area contributed by atoms with Crippen LogP contribution in [0.1, 0.15) is 27.3 Å². The van der Waals surface area contributed by atoms with Crippen LogP contribution >= 0.6 is 11.6 Å². The number of carbonyl (C=O) groups is 1. The van der Waals surface area contributed by atoms with Gasteiger partial charge in [-0.15, -0.1) is 0 Å². The number of hydrogen-bond acceptors (Lipinski definition) is 2. The third-order valence-electron chi connectivity index (χ3n) is 3.08. The topological polar surface area (TPSA) is 55.1 Å². The van der Waals surface area contributed by atoms with Crippen LogP contribution in [0.25, 0.3) is 5.69 Å². The van der Waals surface area contributed by atoms with Gasteiger partial charge in [-0.3, -0.25) is 0 Å². The van der Waals surface area contributed by atoms with Crippen LogP contribution in [0.5, 0.6) is 0 Å². The van der Waals surface area contributed by atoms with E-state index in [0.29, 0.717) is 0 Å². The number of aryl methyl sites for hydroxylation is 1. The van der Waals surface area contributed by atoms with Crippen molar-refractivity contribution in [3.63, 3.8) is 0 Å². The van der Waals surface area contributed by atoms with Gasteiger partial charge in [-0.2, -0.15) is 5.10 Å². The Hall–Kier alpha value is -1.81. The largest absolute Gasteiger partial charge is 0.478 e. The van der Waals surface area contributed by atoms with Gasteiger partial charge in [-0.1, -0.05) is 11.6 Å². The van der Waals surface area contributed by atoms with Crippen molar-refractivity contribution in [1.82, 2.24) is 9.78 Å². The third kappa shape index (κ3) is 1.99. The smallest absolute Gasteiger partial charge is 0.337 e. The molecule has 94 valence electrons. The molecule has 0 saturated carbocycles. The van der Waals surface area contributed by atoms with Crippen LogP contribution in [0.3, 0.4) is 0 Å². The Bertz CT molecular complexity index is 632. The quantitative estimate of drug-likeness (QED) is 0.907. The predicted molar refractivity (Wildman–Crippen MR) is 69.7 cm³/mol. The average molecular weight is 265 g/mol. The van der Waals surface area contributed by atoms with Gasteiger partial charge in [0.2, 0.25) is 0 Å². The lowest BCUT2D eigenvalue weighted by Crippen LogP contribution is -2.02. The van der Waals surface area contributed by atoms with Gasteiger partial charge in [0.15, 0.2) is 0 Å². The standard InChI is InChI=1S/C13H13ClN2O2/c1-7-8(2)15-16(9(7)3)10-4-5-11(13(17)18)12(14)6-10/h4-6H,1-3H3,(H,17,18). The highest BCUT2D eigenvalue weighted by Gasteiger charge is 2.13. The monoisotopic (exact) mass is 264 g/mol. The number of aromatic carboxylic acids is 1. The van der Waals surface area contributed by atoms with Crippen LogP contribution in [0, 0.1) is 20.8 Å². The van der Waals surface area contributed by atoms with Gasteiger partial charge >= 0.3 is 5.97 Å². The van der Waals surface area contributed by atoms with Crippen molar-refractivity contribution >= 4 is 17.6 Å². The summed E-state index contributed by atoms with van der Waals surface area (Å²) in [6.07, 6.45) is 0. The molecule has 0 unspecified atom stereocenters. The van der Waals surface area contributed by atoms with E-state index in [1.807, 2.05) is 20.8 Å². The summed E-state index contributed by atoms with van der Waals surface area (Å²) in [7, 11) is 0.